The monoisotopic (exact) mass is 260 g/mol. The fourth-order valence-electron chi connectivity index (χ4n) is 1.74. The highest BCUT2D eigenvalue weighted by molar-refractivity contribution is 7.89. The maximum absolute atomic E-state index is 11.9. The van der Waals surface area contributed by atoms with Gasteiger partial charge < -0.3 is 14.9 Å². The Morgan fingerprint density at radius 2 is 2.24 bits per heavy atom. The summed E-state index contributed by atoms with van der Waals surface area (Å²) in [5.74, 6) is 0.453. The van der Waals surface area contributed by atoms with Gasteiger partial charge in [-0.3, -0.25) is 0 Å². The van der Waals surface area contributed by atoms with Gasteiger partial charge >= 0.3 is 0 Å². The first-order valence-electron chi connectivity index (χ1n) is 5.39. The highest BCUT2D eigenvalue weighted by atomic mass is 32.2. The first kappa shape index (κ1) is 12.6. The van der Waals surface area contributed by atoms with Gasteiger partial charge in [-0.1, -0.05) is 0 Å². The second-order valence-corrected chi connectivity index (χ2v) is 5.72. The molecule has 0 amide bonds. The summed E-state index contributed by atoms with van der Waals surface area (Å²) in [4.78, 5) is 0. The molecule has 0 bridgehead atoms. The summed E-state index contributed by atoms with van der Waals surface area (Å²) < 4.78 is 36.5. The summed E-state index contributed by atoms with van der Waals surface area (Å²) in [5, 5.41) is -0.0844. The van der Waals surface area contributed by atoms with Crippen LogP contribution in [0, 0.1) is 0 Å². The van der Waals surface area contributed by atoms with Crippen molar-refractivity contribution >= 4 is 10.0 Å². The van der Waals surface area contributed by atoms with E-state index >= 15 is 0 Å². The van der Waals surface area contributed by atoms with E-state index in [9.17, 15) is 8.42 Å². The molecular formula is C10H16N2O4S. The van der Waals surface area contributed by atoms with Crippen LogP contribution in [0.2, 0.25) is 0 Å². The van der Waals surface area contributed by atoms with Gasteiger partial charge in [0.05, 0.1) is 12.6 Å². The maximum atomic E-state index is 11.9. The minimum absolute atomic E-state index is 0.0728. The molecule has 1 heterocycles. The van der Waals surface area contributed by atoms with E-state index in [0.717, 1.165) is 0 Å². The van der Waals surface area contributed by atoms with Crippen molar-refractivity contribution in [1.29, 1.82) is 0 Å². The fourth-order valence-corrected chi connectivity index (χ4v) is 2.96. The quantitative estimate of drug-likeness (QED) is 0.788. The number of hydrogen-bond acceptors (Lipinski definition) is 5. The molecule has 0 saturated heterocycles. The molecule has 17 heavy (non-hydrogen) atoms. The number of furan rings is 1. The number of ether oxygens (including phenoxy) is 1. The van der Waals surface area contributed by atoms with E-state index in [1.807, 2.05) is 0 Å². The van der Waals surface area contributed by atoms with Crippen molar-refractivity contribution < 1.29 is 17.6 Å². The number of methoxy groups -OCH3 is 1. The first-order chi connectivity index (χ1) is 8.05. The lowest BCUT2D eigenvalue weighted by atomic mass is 9.90. The molecule has 0 radical (unpaired) electrons. The van der Waals surface area contributed by atoms with Crippen molar-refractivity contribution in [3.8, 4) is 0 Å². The van der Waals surface area contributed by atoms with Crippen molar-refractivity contribution in [2.75, 3.05) is 7.11 Å². The van der Waals surface area contributed by atoms with Gasteiger partial charge in [-0.15, -0.1) is 0 Å². The van der Waals surface area contributed by atoms with E-state index in [0.29, 0.717) is 18.6 Å². The van der Waals surface area contributed by atoms with Crippen LogP contribution in [0.25, 0.3) is 0 Å². The Hall–Kier alpha value is -0.890. The Bertz CT molecular complexity index is 476. The second kappa shape index (κ2) is 4.77. The molecule has 1 aromatic heterocycles. The summed E-state index contributed by atoms with van der Waals surface area (Å²) >= 11 is 0. The van der Waals surface area contributed by atoms with E-state index in [2.05, 4.69) is 4.72 Å². The number of nitrogens with two attached hydrogens (primary N) is 1. The summed E-state index contributed by atoms with van der Waals surface area (Å²) in [6, 6.07) is 2.90. The zero-order valence-electron chi connectivity index (χ0n) is 9.55. The van der Waals surface area contributed by atoms with Gasteiger partial charge in [0.15, 0.2) is 0 Å². The van der Waals surface area contributed by atoms with Gasteiger partial charge in [0, 0.05) is 13.2 Å². The van der Waals surface area contributed by atoms with Crippen molar-refractivity contribution in [3.05, 3.63) is 17.9 Å². The number of nitrogens with one attached hydrogen (secondary N) is 1. The largest absolute Gasteiger partial charge is 0.447 e. The third kappa shape index (κ3) is 2.68. The van der Waals surface area contributed by atoms with Crippen LogP contribution in [-0.2, 0) is 21.3 Å². The lowest BCUT2D eigenvalue weighted by molar-refractivity contribution is 0.0235. The standard InChI is InChI=1S/C10H16N2O4S/c1-15-9-4-7(5-9)12-17(13,14)10-3-2-8(6-11)16-10/h2-3,7,9,12H,4-6,11H2,1H3. The van der Waals surface area contributed by atoms with Gasteiger partial charge in [-0.2, -0.15) is 0 Å². The Morgan fingerprint density at radius 1 is 1.53 bits per heavy atom. The summed E-state index contributed by atoms with van der Waals surface area (Å²) in [6.07, 6.45) is 1.54. The normalized spacial score (nSPS) is 24.6. The predicted molar refractivity (Wildman–Crippen MR) is 60.7 cm³/mol. The minimum Gasteiger partial charge on any atom is -0.447 e. The van der Waals surface area contributed by atoms with Crippen LogP contribution in [-0.4, -0.2) is 27.7 Å². The van der Waals surface area contributed by atoms with E-state index in [1.165, 1.54) is 6.07 Å². The van der Waals surface area contributed by atoms with Gasteiger partial charge in [-0.25, -0.2) is 13.1 Å². The molecule has 6 nitrogen and oxygen atoms in total. The lowest BCUT2D eigenvalue weighted by Gasteiger charge is -2.33. The molecule has 7 heteroatoms. The van der Waals surface area contributed by atoms with E-state index in [4.69, 9.17) is 14.9 Å². The Balaban J connectivity index is 1.99. The third-order valence-electron chi connectivity index (χ3n) is 2.85. The van der Waals surface area contributed by atoms with Crippen molar-refractivity contribution in [2.24, 2.45) is 5.73 Å². The molecule has 0 aliphatic heterocycles. The molecule has 1 aromatic rings. The summed E-state index contributed by atoms with van der Waals surface area (Å²) in [6.45, 7) is 0.185. The molecular weight excluding hydrogens is 244 g/mol. The van der Waals surface area contributed by atoms with Gasteiger partial charge in [0.25, 0.3) is 10.0 Å². The molecule has 1 fully saturated rings. The highest BCUT2D eigenvalue weighted by Gasteiger charge is 2.33. The molecule has 1 aliphatic carbocycles. The molecule has 96 valence electrons. The number of rotatable bonds is 5. The van der Waals surface area contributed by atoms with E-state index in [1.54, 1.807) is 13.2 Å². The second-order valence-electron chi connectivity index (χ2n) is 4.07. The lowest BCUT2D eigenvalue weighted by Crippen LogP contribution is -2.47. The third-order valence-corrected chi connectivity index (χ3v) is 4.25. The molecule has 0 spiro atoms. The average Bonchev–Trinajstić information content (AvgIpc) is 2.71. The molecule has 0 aromatic carbocycles. The van der Waals surface area contributed by atoms with Crippen molar-refractivity contribution in [2.45, 2.75) is 36.6 Å². The smallest absolute Gasteiger partial charge is 0.274 e. The summed E-state index contributed by atoms with van der Waals surface area (Å²) in [5.41, 5.74) is 5.36. The average molecular weight is 260 g/mol. The van der Waals surface area contributed by atoms with Crippen LogP contribution >= 0.6 is 0 Å². The Kier molecular flexibility index (Phi) is 3.53. The zero-order chi connectivity index (χ0) is 12.5. The van der Waals surface area contributed by atoms with E-state index < -0.39 is 10.0 Å². The van der Waals surface area contributed by atoms with Gasteiger partial charge in [0.2, 0.25) is 5.09 Å². The SMILES string of the molecule is COC1CC(NS(=O)(=O)c2ccc(CN)o2)C1. The van der Waals surface area contributed by atoms with Gasteiger partial charge in [0.1, 0.15) is 5.76 Å². The predicted octanol–water partition coefficient (Wildman–Crippen LogP) is 0.194. The zero-order valence-corrected chi connectivity index (χ0v) is 10.4. The fraction of sp³-hybridized carbons (Fsp3) is 0.600. The summed E-state index contributed by atoms with van der Waals surface area (Å²) in [7, 11) is -1.95. The number of sulfonamides is 1. The van der Waals surface area contributed by atoms with E-state index in [-0.39, 0.29) is 23.8 Å². The molecule has 0 unspecified atom stereocenters. The van der Waals surface area contributed by atoms with Crippen LogP contribution in [0.3, 0.4) is 0 Å². The molecule has 2 rings (SSSR count). The topological polar surface area (TPSA) is 94.6 Å². The maximum Gasteiger partial charge on any atom is 0.274 e. The van der Waals surface area contributed by atoms with Gasteiger partial charge in [-0.05, 0) is 25.0 Å². The molecule has 0 atom stereocenters. The molecule has 1 aliphatic rings. The van der Waals surface area contributed by atoms with Crippen molar-refractivity contribution in [3.63, 3.8) is 0 Å². The molecule has 1 saturated carbocycles. The Labute approximate surface area is 100 Å². The van der Waals surface area contributed by atoms with Crippen LogP contribution in [0.15, 0.2) is 21.6 Å². The van der Waals surface area contributed by atoms with Crippen LogP contribution in [0.5, 0.6) is 0 Å². The van der Waals surface area contributed by atoms with Crippen LogP contribution < -0.4 is 10.5 Å². The first-order valence-corrected chi connectivity index (χ1v) is 6.87. The molecule has 3 N–H and O–H groups in total. The highest BCUT2D eigenvalue weighted by Crippen LogP contribution is 2.24. The van der Waals surface area contributed by atoms with Crippen LogP contribution in [0.1, 0.15) is 18.6 Å². The minimum atomic E-state index is -3.57. The number of hydrogen-bond donors (Lipinski definition) is 2. The Morgan fingerprint density at radius 3 is 2.76 bits per heavy atom. The van der Waals surface area contributed by atoms with Crippen molar-refractivity contribution in [1.82, 2.24) is 4.72 Å². The van der Waals surface area contributed by atoms with Crippen LogP contribution in [0.4, 0.5) is 0 Å².